The molecule has 6 heteroatoms. The lowest BCUT2D eigenvalue weighted by molar-refractivity contribution is 0.0691. The van der Waals surface area contributed by atoms with Crippen LogP contribution >= 0.6 is 0 Å². The van der Waals surface area contributed by atoms with Crippen LogP contribution in [0.5, 0.6) is 5.75 Å². The van der Waals surface area contributed by atoms with Gasteiger partial charge in [0.15, 0.2) is 5.82 Å². The molecule has 0 atom stereocenters. The highest BCUT2D eigenvalue weighted by Gasteiger charge is 2.14. The zero-order valence-electron chi connectivity index (χ0n) is 8.01. The van der Waals surface area contributed by atoms with E-state index in [9.17, 15) is 9.18 Å². The number of benzene rings is 1. The van der Waals surface area contributed by atoms with E-state index in [2.05, 4.69) is 9.68 Å². The highest BCUT2D eigenvalue weighted by Crippen LogP contribution is 2.14. The molecule has 82 valence electrons. The normalized spacial score (nSPS) is 10.1. The molecule has 1 aromatic carbocycles. The first-order chi connectivity index (χ1) is 7.65. The summed E-state index contributed by atoms with van der Waals surface area (Å²) in [5, 5.41) is 3.32. The molecule has 0 amide bonds. The third-order valence-corrected chi connectivity index (χ3v) is 1.74. The van der Waals surface area contributed by atoms with Crippen LogP contribution in [0, 0.1) is 5.82 Å². The summed E-state index contributed by atoms with van der Waals surface area (Å²) in [5.41, 5.74) is 5.26. The van der Waals surface area contributed by atoms with Gasteiger partial charge in [-0.1, -0.05) is 11.2 Å². The van der Waals surface area contributed by atoms with Crippen molar-refractivity contribution in [2.75, 3.05) is 5.73 Å². The lowest BCUT2D eigenvalue weighted by Gasteiger charge is -2.00. The van der Waals surface area contributed by atoms with Gasteiger partial charge in [0.05, 0.1) is 0 Å². The summed E-state index contributed by atoms with van der Waals surface area (Å²) in [6, 6.07) is 6.41. The van der Waals surface area contributed by atoms with Gasteiger partial charge in [-0.2, -0.15) is 0 Å². The van der Waals surface area contributed by atoms with Gasteiger partial charge in [0.25, 0.3) is 0 Å². The summed E-state index contributed by atoms with van der Waals surface area (Å²) < 4.78 is 22.2. The Balaban J connectivity index is 2.13. The van der Waals surface area contributed by atoms with E-state index in [-0.39, 0.29) is 17.3 Å². The molecule has 0 bridgehead atoms. The number of anilines is 1. The third-order valence-electron chi connectivity index (χ3n) is 1.74. The molecular weight excluding hydrogens is 215 g/mol. The van der Waals surface area contributed by atoms with Gasteiger partial charge in [-0.05, 0) is 12.1 Å². The average Bonchev–Trinajstić information content (AvgIpc) is 2.65. The Hall–Kier alpha value is -2.37. The van der Waals surface area contributed by atoms with Gasteiger partial charge in [-0.3, -0.25) is 0 Å². The Morgan fingerprint density at radius 2 is 2.25 bits per heavy atom. The molecule has 0 spiro atoms. The predicted octanol–water partition coefficient (Wildman–Crippen LogP) is 1.62. The van der Waals surface area contributed by atoms with Gasteiger partial charge >= 0.3 is 5.97 Å². The molecule has 16 heavy (non-hydrogen) atoms. The second-order valence-electron chi connectivity index (χ2n) is 2.96. The van der Waals surface area contributed by atoms with Crippen molar-refractivity contribution < 1.29 is 18.4 Å². The molecule has 0 aliphatic heterocycles. The van der Waals surface area contributed by atoms with Crippen LogP contribution in [-0.4, -0.2) is 11.1 Å². The van der Waals surface area contributed by atoms with Crippen LogP contribution in [0.25, 0.3) is 0 Å². The van der Waals surface area contributed by atoms with E-state index in [0.29, 0.717) is 0 Å². The number of hydrogen-bond acceptors (Lipinski definition) is 5. The standard InChI is InChI=1S/C10H7FN2O3/c11-6-2-1-3-7(4-6)15-10(14)8-5-9(12)13-16-8/h1-5H,(H2,12,13). The zero-order chi connectivity index (χ0) is 11.5. The highest BCUT2D eigenvalue weighted by molar-refractivity contribution is 5.88. The molecule has 0 radical (unpaired) electrons. The van der Waals surface area contributed by atoms with Crippen LogP contribution in [0.15, 0.2) is 34.9 Å². The Morgan fingerprint density at radius 1 is 1.44 bits per heavy atom. The number of rotatable bonds is 2. The molecule has 0 saturated heterocycles. The predicted molar refractivity (Wildman–Crippen MR) is 52.3 cm³/mol. The summed E-state index contributed by atoms with van der Waals surface area (Å²) >= 11 is 0. The van der Waals surface area contributed by atoms with Crippen molar-refractivity contribution in [2.45, 2.75) is 0 Å². The minimum atomic E-state index is -0.783. The molecule has 5 nitrogen and oxygen atoms in total. The van der Waals surface area contributed by atoms with Crippen LogP contribution in [0.4, 0.5) is 10.2 Å². The lowest BCUT2D eigenvalue weighted by Crippen LogP contribution is -2.07. The van der Waals surface area contributed by atoms with E-state index in [4.69, 9.17) is 10.5 Å². The van der Waals surface area contributed by atoms with Crippen molar-refractivity contribution in [3.8, 4) is 5.75 Å². The van der Waals surface area contributed by atoms with E-state index >= 15 is 0 Å². The quantitative estimate of drug-likeness (QED) is 0.617. The fourth-order valence-electron chi connectivity index (χ4n) is 1.07. The highest BCUT2D eigenvalue weighted by atomic mass is 19.1. The maximum Gasteiger partial charge on any atom is 0.382 e. The van der Waals surface area contributed by atoms with E-state index < -0.39 is 11.8 Å². The first-order valence-electron chi connectivity index (χ1n) is 4.35. The van der Waals surface area contributed by atoms with Gasteiger partial charge in [-0.15, -0.1) is 0 Å². The average molecular weight is 222 g/mol. The fraction of sp³-hybridized carbons (Fsp3) is 0. The Morgan fingerprint density at radius 3 is 2.88 bits per heavy atom. The van der Waals surface area contributed by atoms with Gasteiger partial charge in [0.1, 0.15) is 11.6 Å². The number of ether oxygens (including phenoxy) is 1. The topological polar surface area (TPSA) is 78.4 Å². The number of nitrogens with zero attached hydrogens (tertiary/aromatic N) is 1. The number of carbonyl (C=O) groups is 1. The van der Waals surface area contributed by atoms with Crippen LogP contribution in [0.2, 0.25) is 0 Å². The van der Waals surface area contributed by atoms with E-state index in [1.807, 2.05) is 0 Å². The summed E-state index contributed by atoms with van der Waals surface area (Å²) in [4.78, 5) is 11.4. The minimum Gasteiger partial charge on any atom is -0.420 e. The molecule has 2 rings (SSSR count). The van der Waals surface area contributed by atoms with Gasteiger partial charge in [-0.25, -0.2) is 9.18 Å². The monoisotopic (exact) mass is 222 g/mol. The van der Waals surface area contributed by atoms with Crippen LogP contribution < -0.4 is 10.5 Å². The first kappa shape index (κ1) is 10.2. The van der Waals surface area contributed by atoms with E-state index in [1.54, 1.807) is 0 Å². The van der Waals surface area contributed by atoms with Crippen LogP contribution in [-0.2, 0) is 0 Å². The number of nitrogens with two attached hydrogens (primary N) is 1. The number of halogens is 1. The van der Waals surface area contributed by atoms with E-state index in [1.165, 1.54) is 24.3 Å². The van der Waals surface area contributed by atoms with E-state index in [0.717, 1.165) is 6.07 Å². The molecule has 0 fully saturated rings. The summed E-state index contributed by atoms with van der Waals surface area (Å²) in [7, 11) is 0. The van der Waals surface area contributed by atoms with Crippen molar-refractivity contribution in [2.24, 2.45) is 0 Å². The summed E-state index contributed by atoms with van der Waals surface area (Å²) in [5.74, 6) is -1.26. The van der Waals surface area contributed by atoms with Crippen LogP contribution in [0.3, 0.4) is 0 Å². The number of aromatic nitrogens is 1. The van der Waals surface area contributed by atoms with Crippen molar-refractivity contribution in [3.05, 3.63) is 41.9 Å². The van der Waals surface area contributed by atoms with Crippen LogP contribution in [0.1, 0.15) is 10.6 Å². The fourth-order valence-corrected chi connectivity index (χ4v) is 1.07. The van der Waals surface area contributed by atoms with Gasteiger partial charge in [0, 0.05) is 12.1 Å². The molecule has 0 saturated carbocycles. The number of hydrogen-bond donors (Lipinski definition) is 1. The number of esters is 1. The van der Waals surface area contributed by atoms with Crippen molar-refractivity contribution in [3.63, 3.8) is 0 Å². The molecule has 1 aromatic heterocycles. The SMILES string of the molecule is Nc1cc(C(=O)Oc2cccc(F)c2)on1. The Labute approximate surface area is 89.6 Å². The Bertz CT molecular complexity index is 524. The molecule has 0 aliphatic rings. The lowest BCUT2D eigenvalue weighted by atomic mass is 10.3. The number of nitrogen functional groups attached to an aromatic ring is 1. The third kappa shape index (κ3) is 2.17. The Kier molecular flexibility index (Phi) is 2.55. The maximum atomic E-state index is 12.8. The van der Waals surface area contributed by atoms with Crippen molar-refractivity contribution in [1.29, 1.82) is 0 Å². The van der Waals surface area contributed by atoms with Crippen molar-refractivity contribution in [1.82, 2.24) is 5.16 Å². The molecular formula is C10H7FN2O3. The van der Waals surface area contributed by atoms with Crippen molar-refractivity contribution >= 4 is 11.8 Å². The molecule has 2 N–H and O–H groups in total. The summed E-state index contributed by atoms with van der Waals surface area (Å²) in [6.07, 6.45) is 0. The minimum absolute atomic E-state index is 0.0752. The zero-order valence-corrected chi connectivity index (χ0v) is 8.01. The van der Waals surface area contributed by atoms with Gasteiger partial charge < -0.3 is 15.0 Å². The second-order valence-corrected chi connectivity index (χ2v) is 2.96. The van der Waals surface area contributed by atoms with Gasteiger partial charge in [0.2, 0.25) is 5.76 Å². The first-order valence-corrected chi connectivity index (χ1v) is 4.35. The molecule has 1 heterocycles. The summed E-state index contributed by atoms with van der Waals surface area (Å²) in [6.45, 7) is 0. The smallest absolute Gasteiger partial charge is 0.382 e. The molecule has 0 aliphatic carbocycles. The maximum absolute atomic E-state index is 12.8. The largest absolute Gasteiger partial charge is 0.420 e. The molecule has 2 aromatic rings. The molecule has 0 unspecified atom stereocenters. The number of carbonyl (C=O) groups excluding carboxylic acids is 1. The second kappa shape index (κ2) is 4.01.